The Morgan fingerprint density at radius 2 is 2.15 bits per heavy atom. The van der Waals surface area contributed by atoms with Gasteiger partial charge in [-0.2, -0.15) is 0 Å². The molecule has 1 atom stereocenters. The summed E-state index contributed by atoms with van der Waals surface area (Å²) >= 11 is 0. The number of aromatic nitrogens is 2. The van der Waals surface area contributed by atoms with Crippen molar-refractivity contribution in [3.63, 3.8) is 0 Å². The molecule has 3 N–H and O–H groups in total. The van der Waals surface area contributed by atoms with E-state index in [4.69, 9.17) is 10.6 Å². The van der Waals surface area contributed by atoms with Gasteiger partial charge in [-0.15, -0.1) is 0 Å². The Bertz CT molecular complexity index is 411. The van der Waals surface area contributed by atoms with Crippen molar-refractivity contribution in [3.8, 4) is 0 Å². The number of hydrogen-bond donors (Lipinski definition) is 2. The lowest BCUT2D eigenvalue weighted by molar-refractivity contribution is -0.0253. The number of rotatable bonds is 6. The number of hydrogen-bond acceptors (Lipinski definition) is 5. The lowest BCUT2D eigenvalue weighted by Crippen LogP contribution is -2.57. The Morgan fingerprint density at radius 1 is 1.45 bits per heavy atom. The predicted octanol–water partition coefficient (Wildman–Crippen LogP) is 0.908. The van der Waals surface area contributed by atoms with E-state index in [1.165, 1.54) is 0 Å². The van der Waals surface area contributed by atoms with Crippen LogP contribution in [0.1, 0.15) is 39.1 Å². The van der Waals surface area contributed by atoms with Gasteiger partial charge in [0.1, 0.15) is 5.82 Å². The van der Waals surface area contributed by atoms with Crippen LogP contribution in [0.25, 0.3) is 0 Å². The van der Waals surface area contributed by atoms with E-state index in [0.717, 1.165) is 45.1 Å². The predicted molar refractivity (Wildman–Crippen MR) is 79.1 cm³/mol. The zero-order chi connectivity index (χ0) is 14.6. The SMILES string of the molecule is CCCn1ccnc1C(NN)C(C)(C)N1CCOCC1. The summed E-state index contributed by atoms with van der Waals surface area (Å²) in [6.07, 6.45) is 4.96. The van der Waals surface area contributed by atoms with E-state index in [0.29, 0.717) is 0 Å². The van der Waals surface area contributed by atoms with E-state index in [-0.39, 0.29) is 11.6 Å². The Balaban J connectivity index is 2.22. The molecule has 1 aromatic heterocycles. The molecule has 114 valence electrons. The van der Waals surface area contributed by atoms with Crippen LogP contribution in [0.15, 0.2) is 12.4 Å². The first-order chi connectivity index (χ1) is 9.61. The van der Waals surface area contributed by atoms with Crippen molar-refractivity contribution >= 4 is 0 Å². The van der Waals surface area contributed by atoms with E-state index >= 15 is 0 Å². The highest BCUT2D eigenvalue weighted by Crippen LogP contribution is 2.30. The normalized spacial score (nSPS) is 19.2. The molecule has 0 aliphatic carbocycles. The fourth-order valence-electron chi connectivity index (χ4n) is 2.93. The molecule has 6 heteroatoms. The highest BCUT2D eigenvalue weighted by atomic mass is 16.5. The molecule has 1 aliphatic heterocycles. The van der Waals surface area contributed by atoms with Crippen LogP contribution < -0.4 is 11.3 Å². The minimum Gasteiger partial charge on any atom is -0.379 e. The van der Waals surface area contributed by atoms with E-state index < -0.39 is 0 Å². The standard InChI is InChI=1S/C14H27N5O/c1-4-6-18-7-5-16-13(18)12(17-15)14(2,3)19-8-10-20-11-9-19/h5,7,12,17H,4,6,8-11,15H2,1-3H3. The highest BCUT2D eigenvalue weighted by Gasteiger charge is 2.38. The summed E-state index contributed by atoms with van der Waals surface area (Å²) in [6.45, 7) is 11.0. The number of morpholine rings is 1. The zero-order valence-electron chi connectivity index (χ0n) is 12.8. The van der Waals surface area contributed by atoms with E-state index in [2.05, 4.69) is 40.6 Å². The van der Waals surface area contributed by atoms with Crippen LogP contribution in [0.5, 0.6) is 0 Å². The summed E-state index contributed by atoms with van der Waals surface area (Å²) in [5.74, 6) is 6.87. The Labute approximate surface area is 121 Å². The van der Waals surface area contributed by atoms with Gasteiger partial charge in [0.15, 0.2) is 0 Å². The third-order valence-corrected chi connectivity index (χ3v) is 4.17. The number of imidazole rings is 1. The summed E-state index contributed by atoms with van der Waals surface area (Å²) < 4.78 is 7.63. The second-order valence-electron chi connectivity index (χ2n) is 5.83. The Hall–Kier alpha value is -0.950. The third-order valence-electron chi connectivity index (χ3n) is 4.17. The average Bonchev–Trinajstić information content (AvgIpc) is 2.89. The summed E-state index contributed by atoms with van der Waals surface area (Å²) in [6, 6.07) is -0.0119. The first-order valence-electron chi connectivity index (χ1n) is 7.41. The summed E-state index contributed by atoms with van der Waals surface area (Å²) in [5, 5.41) is 0. The highest BCUT2D eigenvalue weighted by molar-refractivity contribution is 5.08. The molecule has 0 saturated carbocycles. The molecule has 0 radical (unpaired) electrons. The van der Waals surface area contributed by atoms with Gasteiger partial charge >= 0.3 is 0 Å². The van der Waals surface area contributed by atoms with E-state index in [1.54, 1.807) is 0 Å². The van der Waals surface area contributed by atoms with Crippen molar-refractivity contribution in [2.75, 3.05) is 26.3 Å². The maximum Gasteiger partial charge on any atom is 0.129 e. The molecule has 0 aromatic carbocycles. The second-order valence-corrected chi connectivity index (χ2v) is 5.83. The maximum atomic E-state index is 5.86. The minimum absolute atomic E-state index is 0.0119. The number of ether oxygens (including phenoxy) is 1. The quantitative estimate of drug-likeness (QED) is 0.599. The van der Waals surface area contributed by atoms with Crippen LogP contribution in [0, 0.1) is 0 Å². The van der Waals surface area contributed by atoms with Gasteiger partial charge in [-0.25, -0.2) is 10.4 Å². The van der Waals surface area contributed by atoms with Crippen molar-refractivity contribution in [2.45, 2.75) is 45.3 Å². The minimum atomic E-state index is -0.116. The van der Waals surface area contributed by atoms with Crippen LogP contribution in [0.3, 0.4) is 0 Å². The third kappa shape index (κ3) is 3.03. The van der Waals surface area contributed by atoms with Gasteiger partial charge in [-0.05, 0) is 20.3 Å². The molecular formula is C14H27N5O. The van der Waals surface area contributed by atoms with Crippen LogP contribution in [-0.2, 0) is 11.3 Å². The molecule has 1 aliphatic rings. The largest absolute Gasteiger partial charge is 0.379 e. The Morgan fingerprint density at radius 3 is 2.75 bits per heavy atom. The Kier molecular flexibility index (Phi) is 5.15. The zero-order valence-corrected chi connectivity index (χ0v) is 12.8. The van der Waals surface area contributed by atoms with Crippen LogP contribution in [0.2, 0.25) is 0 Å². The fourth-order valence-corrected chi connectivity index (χ4v) is 2.93. The molecule has 1 unspecified atom stereocenters. The van der Waals surface area contributed by atoms with Gasteiger partial charge in [0.05, 0.1) is 19.3 Å². The first kappa shape index (κ1) is 15.4. The van der Waals surface area contributed by atoms with Gasteiger partial charge in [0.25, 0.3) is 0 Å². The van der Waals surface area contributed by atoms with Gasteiger partial charge < -0.3 is 9.30 Å². The van der Waals surface area contributed by atoms with Gasteiger partial charge in [0, 0.05) is 37.6 Å². The number of hydrazine groups is 1. The van der Waals surface area contributed by atoms with Crippen molar-refractivity contribution in [2.24, 2.45) is 5.84 Å². The van der Waals surface area contributed by atoms with Crippen molar-refractivity contribution in [1.82, 2.24) is 19.9 Å². The topological polar surface area (TPSA) is 68.3 Å². The molecule has 1 aromatic rings. The molecule has 1 fully saturated rings. The number of nitrogens with two attached hydrogens (primary N) is 1. The second kappa shape index (κ2) is 6.67. The molecular weight excluding hydrogens is 254 g/mol. The molecule has 20 heavy (non-hydrogen) atoms. The molecule has 6 nitrogen and oxygen atoms in total. The molecule has 0 amide bonds. The van der Waals surface area contributed by atoms with Crippen LogP contribution in [0.4, 0.5) is 0 Å². The fraction of sp³-hybridized carbons (Fsp3) is 0.786. The maximum absolute atomic E-state index is 5.86. The smallest absolute Gasteiger partial charge is 0.129 e. The van der Waals surface area contributed by atoms with E-state index in [9.17, 15) is 0 Å². The monoisotopic (exact) mass is 281 g/mol. The average molecular weight is 281 g/mol. The molecule has 0 bridgehead atoms. The van der Waals surface area contributed by atoms with Crippen molar-refractivity contribution in [3.05, 3.63) is 18.2 Å². The lowest BCUT2D eigenvalue weighted by Gasteiger charge is -2.45. The van der Waals surface area contributed by atoms with Crippen molar-refractivity contribution < 1.29 is 4.74 Å². The number of aryl methyl sites for hydroxylation is 1. The molecule has 1 saturated heterocycles. The summed E-state index contributed by atoms with van der Waals surface area (Å²) in [5.41, 5.74) is 2.86. The first-order valence-corrected chi connectivity index (χ1v) is 7.41. The molecule has 0 spiro atoms. The summed E-state index contributed by atoms with van der Waals surface area (Å²) in [4.78, 5) is 6.95. The molecule has 2 rings (SSSR count). The van der Waals surface area contributed by atoms with E-state index in [1.807, 2.05) is 12.4 Å². The van der Waals surface area contributed by atoms with Gasteiger partial charge in [0.2, 0.25) is 0 Å². The molecule has 2 heterocycles. The van der Waals surface area contributed by atoms with Crippen LogP contribution in [-0.4, -0.2) is 46.3 Å². The number of nitrogens with one attached hydrogen (secondary N) is 1. The summed E-state index contributed by atoms with van der Waals surface area (Å²) in [7, 11) is 0. The number of nitrogens with zero attached hydrogens (tertiary/aromatic N) is 3. The van der Waals surface area contributed by atoms with Crippen molar-refractivity contribution in [1.29, 1.82) is 0 Å². The van der Waals surface area contributed by atoms with Gasteiger partial charge in [-0.1, -0.05) is 6.92 Å². The van der Waals surface area contributed by atoms with Crippen LogP contribution >= 0.6 is 0 Å². The van der Waals surface area contributed by atoms with Gasteiger partial charge in [-0.3, -0.25) is 10.7 Å². The lowest BCUT2D eigenvalue weighted by atomic mass is 9.91.